The van der Waals surface area contributed by atoms with Gasteiger partial charge in [-0.3, -0.25) is 0 Å². The second-order valence-electron chi connectivity index (χ2n) is 3.98. The molecule has 0 atom stereocenters. The maximum Gasteiger partial charge on any atom is 0.123 e. The topological polar surface area (TPSA) is 32.3 Å². The molecule has 0 spiro atoms. The van der Waals surface area contributed by atoms with Crippen LogP contribution in [-0.2, 0) is 6.54 Å². The van der Waals surface area contributed by atoms with Gasteiger partial charge in [0, 0.05) is 12.1 Å². The summed E-state index contributed by atoms with van der Waals surface area (Å²) in [6, 6.07) is 4.08. The Bertz CT molecular complexity index is 318. The summed E-state index contributed by atoms with van der Waals surface area (Å²) in [6.07, 6.45) is 0. The van der Waals surface area contributed by atoms with Crippen molar-refractivity contribution in [1.82, 2.24) is 5.32 Å². The summed E-state index contributed by atoms with van der Waals surface area (Å²) in [5, 5.41) is 13.0. The van der Waals surface area contributed by atoms with Crippen LogP contribution in [0.4, 0.5) is 0 Å². The van der Waals surface area contributed by atoms with E-state index in [0.717, 1.165) is 17.7 Å². The molecule has 1 aromatic carbocycles. The van der Waals surface area contributed by atoms with Gasteiger partial charge in [-0.1, -0.05) is 26.0 Å². The largest absolute Gasteiger partial charge is 0.507 e. The highest BCUT2D eigenvalue weighted by Gasteiger charge is 2.11. The third-order valence-corrected chi connectivity index (χ3v) is 2.50. The van der Waals surface area contributed by atoms with Crippen molar-refractivity contribution in [2.45, 2.75) is 33.2 Å². The van der Waals surface area contributed by atoms with Crippen LogP contribution in [0.25, 0.3) is 0 Å². The third-order valence-electron chi connectivity index (χ3n) is 2.50. The van der Waals surface area contributed by atoms with Crippen molar-refractivity contribution in [3.8, 4) is 5.75 Å². The number of benzene rings is 1. The van der Waals surface area contributed by atoms with Crippen LogP contribution in [-0.4, -0.2) is 12.2 Å². The molecule has 0 fully saturated rings. The van der Waals surface area contributed by atoms with Gasteiger partial charge in [0.1, 0.15) is 5.75 Å². The Balaban J connectivity index is 3.22. The van der Waals surface area contributed by atoms with E-state index in [1.54, 1.807) is 0 Å². The molecule has 14 heavy (non-hydrogen) atoms. The van der Waals surface area contributed by atoms with E-state index in [0.29, 0.717) is 11.7 Å². The zero-order valence-corrected chi connectivity index (χ0v) is 9.39. The lowest BCUT2D eigenvalue weighted by Gasteiger charge is -2.15. The number of phenols is 1. The Morgan fingerprint density at radius 1 is 1.36 bits per heavy atom. The van der Waals surface area contributed by atoms with Gasteiger partial charge < -0.3 is 10.4 Å². The predicted molar refractivity (Wildman–Crippen MR) is 59.7 cm³/mol. The van der Waals surface area contributed by atoms with Gasteiger partial charge in [-0.25, -0.2) is 0 Å². The first-order valence-corrected chi connectivity index (χ1v) is 5.03. The van der Waals surface area contributed by atoms with Crippen molar-refractivity contribution >= 4 is 0 Å². The zero-order chi connectivity index (χ0) is 10.7. The molecule has 2 N–H and O–H groups in total. The van der Waals surface area contributed by atoms with Crippen molar-refractivity contribution in [1.29, 1.82) is 0 Å². The number of hydrogen-bond acceptors (Lipinski definition) is 2. The molecule has 0 aliphatic rings. The van der Waals surface area contributed by atoms with E-state index in [9.17, 15) is 5.11 Å². The maximum absolute atomic E-state index is 9.92. The van der Waals surface area contributed by atoms with Crippen LogP contribution in [0.1, 0.15) is 36.5 Å². The third kappa shape index (κ3) is 2.07. The average Bonchev–Trinajstić information content (AvgIpc) is 2.13. The first kappa shape index (κ1) is 11.1. The minimum atomic E-state index is 0.436. The van der Waals surface area contributed by atoms with Gasteiger partial charge in [0.05, 0.1) is 0 Å². The Kier molecular flexibility index (Phi) is 3.53. The lowest BCUT2D eigenvalue weighted by atomic mass is 9.94. The fraction of sp³-hybridized carbons (Fsp3) is 0.500. The Morgan fingerprint density at radius 3 is 2.50 bits per heavy atom. The number of hydrogen-bond donors (Lipinski definition) is 2. The zero-order valence-electron chi connectivity index (χ0n) is 9.39. The summed E-state index contributed by atoms with van der Waals surface area (Å²) in [5.74, 6) is 0.885. The Morgan fingerprint density at radius 2 is 2.00 bits per heavy atom. The van der Waals surface area contributed by atoms with Gasteiger partial charge in [0.25, 0.3) is 0 Å². The molecule has 0 radical (unpaired) electrons. The second-order valence-corrected chi connectivity index (χ2v) is 3.98. The maximum atomic E-state index is 9.92. The highest BCUT2D eigenvalue weighted by Crippen LogP contribution is 2.29. The van der Waals surface area contributed by atoms with E-state index in [2.05, 4.69) is 25.2 Å². The molecule has 0 aromatic heterocycles. The molecular weight excluding hydrogens is 174 g/mol. The van der Waals surface area contributed by atoms with Crippen LogP contribution in [0.5, 0.6) is 5.75 Å². The molecule has 1 aromatic rings. The molecule has 0 saturated heterocycles. The highest BCUT2D eigenvalue weighted by atomic mass is 16.3. The van der Waals surface area contributed by atoms with Crippen LogP contribution < -0.4 is 5.32 Å². The molecule has 2 heteroatoms. The van der Waals surface area contributed by atoms with Crippen molar-refractivity contribution < 1.29 is 5.11 Å². The van der Waals surface area contributed by atoms with Crippen molar-refractivity contribution in [2.24, 2.45) is 0 Å². The van der Waals surface area contributed by atoms with Gasteiger partial charge in [-0.15, -0.1) is 0 Å². The lowest BCUT2D eigenvalue weighted by Crippen LogP contribution is -2.09. The molecule has 78 valence electrons. The summed E-state index contributed by atoms with van der Waals surface area (Å²) in [4.78, 5) is 0. The molecular formula is C12H19NO. The van der Waals surface area contributed by atoms with Gasteiger partial charge in [0.2, 0.25) is 0 Å². The van der Waals surface area contributed by atoms with Crippen LogP contribution in [0, 0.1) is 6.92 Å². The second kappa shape index (κ2) is 4.47. The van der Waals surface area contributed by atoms with Crippen molar-refractivity contribution in [3.63, 3.8) is 0 Å². The van der Waals surface area contributed by atoms with Crippen molar-refractivity contribution in [2.75, 3.05) is 7.05 Å². The standard InChI is InChI=1S/C12H19NO/c1-8(2)10-6-5-9(3)12(14)11(10)7-13-4/h5-6,8,13-14H,7H2,1-4H3. The normalized spacial score (nSPS) is 10.9. The summed E-state index contributed by atoms with van der Waals surface area (Å²) in [5.41, 5.74) is 3.20. The first-order valence-electron chi connectivity index (χ1n) is 5.03. The van der Waals surface area contributed by atoms with Crippen LogP contribution in [0.2, 0.25) is 0 Å². The average molecular weight is 193 g/mol. The van der Waals surface area contributed by atoms with E-state index in [1.165, 1.54) is 5.56 Å². The molecule has 0 bridgehead atoms. The van der Waals surface area contributed by atoms with Crippen LogP contribution in [0.3, 0.4) is 0 Å². The quantitative estimate of drug-likeness (QED) is 0.773. The van der Waals surface area contributed by atoms with Crippen LogP contribution >= 0.6 is 0 Å². The molecule has 2 nitrogen and oxygen atoms in total. The van der Waals surface area contributed by atoms with Gasteiger partial charge in [0.15, 0.2) is 0 Å². The number of aryl methyl sites for hydroxylation is 1. The fourth-order valence-electron chi connectivity index (χ4n) is 1.67. The SMILES string of the molecule is CNCc1c(C(C)C)ccc(C)c1O. The van der Waals surface area contributed by atoms with E-state index in [1.807, 2.05) is 20.0 Å². The molecule has 0 aliphatic carbocycles. The summed E-state index contributed by atoms with van der Waals surface area (Å²) < 4.78 is 0. The number of nitrogens with one attached hydrogen (secondary N) is 1. The summed E-state index contributed by atoms with van der Waals surface area (Å²) in [7, 11) is 1.89. The summed E-state index contributed by atoms with van der Waals surface area (Å²) >= 11 is 0. The van der Waals surface area contributed by atoms with Gasteiger partial charge in [-0.05, 0) is 31.0 Å². The van der Waals surface area contributed by atoms with Gasteiger partial charge in [-0.2, -0.15) is 0 Å². The highest BCUT2D eigenvalue weighted by molar-refractivity contribution is 5.46. The monoisotopic (exact) mass is 193 g/mol. The summed E-state index contributed by atoms with van der Waals surface area (Å²) in [6.45, 7) is 6.94. The predicted octanol–water partition coefficient (Wildman–Crippen LogP) is 2.54. The Hall–Kier alpha value is -1.02. The molecule has 0 heterocycles. The fourth-order valence-corrected chi connectivity index (χ4v) is 1.67. The number of rotatable bonds is 3. The van der Waals surface area contributed by atoms with E-state index >= 15 is 0 Å². The molecule has 0 saturated carbocycles. The lowest BCUT2D eigenvalue weighted by molar-refractivity contribution is 0.460. The molecule has 0 unspecified atom stereocenters. The minimum absolute atomic E-state index is 0.436. The van der Waals surface area contributed by atoms with Crippen LogP contribution in [0.15, 0.2) is 12.1 Å². The van der Waals surface area contributed by atoms with E-state index in [-0.39, 0.29) is 0 Å². The van der Waals surface area contributed by atoms with E-state index < -0.39 is 0 Å². The molecule has 0 amide bonds. The van der Waals surface area contributed by atoms with Crippen molar-refractivity contribution in [3.05, 3.63) is 28.8 Å². The van der Waals surface area contributed by atoms with E-state index in [4.69, 9.17) is 0 Å². The molecule has 0 aliphatic heterocycles. The smallest absolute Gasteiger partial charge is 0.123 e. The number of phenolic OH excluding ortho intramolecular Hbond substituents is 1. The minimum Gasteiger partial charge on any atom is -0.507 e. The Labute approximate surface area is 86.0 Å². The first-order chi connectivity index (χ1) is 6.57. The molecule has 1 rings (SSSR count). The number of aromatic hydroxyl groups is 1. The van der Waals surface area contributed by atoms with Gasteiger partial charge >= 0.3 is 0 Å².